The molecule has 8 nitrogen and oxygen atoms in total. The number of hydrazine groups is 1. The molecule has 0 aromatic heterocycles. The van der Waals surface area contributed by atoms with Gasteiger partial charge in [0.05, 0.1) is 16.9 Å². The van der Waals surface area contributed by atoms with E-state index in [4.69, 9.17) is 0 Å². The summed E-state index contributed by atoms with van der Waals surface area (Å²) in [5, 5.41) is 12.8. The summed E-state index contributed by atoms with van der Waals surface area (Å²) in [4.78, 5) is 38.1. The van der Waals surface area contributed by atoms with Crippen molar-refractivity contribution in [1.82, 2.24) is 15.3 Å². The third-order valence-corrected chi connectivity index (χ3v) is 5.53. The van der Waals surface area contributed by atoms with E-state index >= 15 is 0 Å². The predicted molar refractivity (Wildman–Crippen MR) is 105 cm³/mol. The maximum Gasteiger partial charge on any atom is 0.269 e. The van der Waals surface area contributed by atoms with E-state index in [9.17, 15) is 19.7 Å². The number of carbonyl (C=O) groups excluding carboxylic acids is 2. The highest BCUT2D eigenvalue weighted by molar-refractivity contribution is 6.08. The number of fused-ring (bicyclic) bond motifs is 1. The molecule has 3 unspecified atom stereocenters. The molecule has 8 heteroatoms. The highest BCUT2D eigenvalue weighted by Crippen LogP contribution is 2.41. The monoisotopic (exact) mass is 394 g/mol. The van der Waals surface area contributed by atoms with Crippen molar-refractivity contribution in [3.8, 4) is 0 Å². The van der Waals surface area contributed by atoms with E-state index in [2.05, 4.69) is 5.43 Å². The van der Waals surface area contributed by atoms with Crippen LogP contribution in [0.2, 0.25) is 0 Å². The number of likely N-dealkylation sites (tertiary alicyclic amines) is 1. The molecule has 1 N–H and O–H groups in total. The second-order valence-corrected chi connectivity index (χ2v) is 7.68. The Labute approximate surface area is 168 Å². The first-order valence-corrected chi connectivity index (χ1v) is 9.56. The van der Waals surface area contributed by atoms with E-state index < -0.39 is 22.9 Å². The summed E-state index contributed by atoms with van der Waals surface area (Å²) < 4.78 is 0. The maximum absolute atomic E-state index is 13.1. The quantitative estimate of drug-likeness (QED) is 0.475. The molecule has 0 bridgehead atoms. The van der Waals surface area contributed by atoms with Crippen molar-refractivity contribution in [3.05, 3.63) is 75.8 Å². The van der Waals surface area contributed by atoms with Crippen LogP contribution in [0.25, 0.3) is 0 Å². The van der Waals surface area contributed by atoms with Crippen LogP contribution in [0.5, 0.6) is 0 Å². The predicted octanol–water partition coefficient (Wildman–Crippen LogP) is 2.42. The van der Waals surface area contributed by atoms with Crippen molar-refractivity contribution in [2.24, 2.45) is 5.92 Å². The second kappa shape index (κ2) is 7.38. The number of nitrogens with one attached hydrogen (secondary N) is 1. The van der Waals surface area contributed by atoms with Crippen LogP contribution in [0, 0.1) is 16.0 Å². The Balaban J connectivity index is 1.69. The molecule has 4 rings (SSSR count). The summed E-state index contributed by atoms with van der Waals surface area (Å²) in [7, 11) is 0. The number of carbonyl (C=O) groups is 2. The molecule has 2 aliphatic heterocycles. The lowest BCUT2D eigenvalue weighted by molar-refractivity contribution is -0.384. The Hall–Kier alpha value is -3.10. The van der Waals surface area contributed by atoms with Gasteiger partial charge in [0.2, 0.25) is 11.8 Å². The summed E-state index contributed by atoms with van der Waals surface area (Å²) in [6.45, 7) is 4.12. The van der Waals surface area contributed by atoms with E-state index in [0.29, 0.717) is 6.54 Å². The van der Waals surface area contributed by atoms with Gasteiger partial charge in [0, 0.05) is 24.7 Å². The highest BCUT2D eigenvalue weighted by atomic mass is 16.6. The molecule has 2 fully saturated rings. The number of hydrogen-bond donors (Lipinski definition) is 1. The molecule has 3 atom stereocenters. The van der Waals surface area contributed by atoms with Crippen LogP contribution in [0.1, 0.15) is 31.0 Å². The number of benzene rings is 2. The Morgan fingerprint density at radius 2 is 1.69 bits per heavy atom. The van der Waals surface area contributed by atoms with Gasteiger partial charge in [-0.1, -0.05) is 42.5 Å². The van der Waals surface area contributed by atoms with Crippen LogP contribution in [0.4, 0.5) is 5.69 Å². The highest BCUT2D eigenvalue weighted by Gasteiger charge is 2.58. The molecule has 150 valence electrons. The lowest BCUT2D eigenvalue weighted by atomic mass is 9.91. The van der Waals surface area contributed by atoms with Crippen molar-refractivity contribution in [3.63, 3.8) is 0 Å². The van der Waals surface area contributed by atoms with Gasteiger partial charge in [-0.05, 0) is 25.0 Å². The number of nitro benzene ring substituents is 1. The summed E-state index contributed by atoms with van der Waals surface area (Å²) in [6, 6.07) is 14.6. The van der Waals surface area contributed by atoms with Crippen molar-refractivity contribution >= 4 is 17.5 Å². The zero-order valence-corrected chi connectivity index (χ0v) is 16.2. The summed E-state index contributed by atoms with van der Waals surface area (Å²) >= 11 is 0. The van der Waals surface area contributed by atoms with Gasteiger partial charge >= 0.3 is 0 Å². The molecule has 2 aromatic rings. The normalized spacial score (nSPS) is 24.4. The molecule has 2 aromatic carbocycles. The smallest absolute Gasteiger partial charge is 0.269 e. The van der Waals surface area contributed by atoms with Gasteiger partial charge in [-0.3, -0.25) is 24.6 Å². The van der Waals surface area contributed by atoms with Gasteiger partial charge in [-0.25, -0.2) is 10.4 Å². The van der Waals surface area contributed by atoms with E-state index in [1.807, 2.05) is 49.2 Å². The Bertz CT molecular complexity index is 945. The van der Waals surface area contributed by atoms with Crippen LogP contribution in [0.3, 0.4) is 0 Å². The lowest BCUT2D eigenvalue weighted by Crippen LogP contribution is -2.46. The average Bonchev–Trinajstić information content (AvgIpc) is 3.19. The van der Waals surface area contributed by atoms with Gasteiger partial charge in [-0.15, -0.1) is 0 Å². The topological polar surface area (TPSA) is 95.8 Å². The SMILES string of the molecule is CC(C)N1C(=O)C2C(c3ccc([N+](=O)[O-])cc3)NN(Cc3ccccc3)C2C1=O. The zero-order chi connectivity index (χ0) is 20.7. The number of imide groups is 1. The number of nitro groups is 1. The maximum atomic E-state index is 13.1. The molecule has 0 spiro atoms. The minimum Gasteiger partial charge on any atom is -0.278 e. The van der Waals surface area contributed by atoms with Crippen molar-refractivity contribution < 1.29 is 14.5 Å². The molecule has 29 heavy (non-hydrogen) atoms. The third-order valence-electron chi connectivity index (χ3n) is 5.53. The fourth-order valence-electron chi connectivity index (χ4n) is 4.21. The largest absolute Gasteiger partial charge is 0.278 e. The van der Waals surface area contributed by atoms with E-state index in [0.717, 1.165) is 11.1 Å². The van der Waals surface area contributed by atoms with Gasteiger partial charge in [0.15, 0.2) is 0 Å². The van der Waals surface area contributed by atoms with Crippen molar-refractivity contribution in [2.75, 3.05) is 0 Å². The number of hydrogen-bond acceptors (Lipinski definition) is 6. The summed E-state index contributed by atoms with van der Waals surface area (Å²) in [5.41, 5.74) is 5.07. The van der Waals surface area contributed by atoms with Gasteiger partial charge in [0.25, 0.3) is 5.69 Å². The molecular weight excluding hydrogens is 372 g/mol. The first-order valence-electron chi connectivity index (χ1n) is 9.56. The molecule has 0 saturated carbocycles. The Morgan fingerprint density at radius 3 is 2.28 bits per heavy atom. The van der Waals surface area contributed by atoms with E-state index in [1.54, 1.807) is 12.1 Å². The van der Waals surface area contributed by atoms with E-state index in [1.165, 1.54) is 17.0 Å². The van der Waals surface area contributed by atoms with Crippen LogP contribution in [-0.4, -0.2) is 38.7 Å². The minimum atomic E-state index is -0.606. The van der Waals surface area contributed by atoms with Gasteiger partial charge in [0.1, 0.15) is 6.04 Å². The molecule has 0 aliphatic carbocycles. The third kappa shape index (κ3) is 3.30. The molecule has 2 saturated heterocycles. The molecule has 2 amide bonds. The molecular formula is C21H22N4O4. The average molecular weight is 394 g/mol. The first-order chi connectivity index (χ1) is 13.9. The van der Waals surface area contributed by atoms with Crippen LogP contribution >= 0.6 is 0 Å². The second-order valence-electron chi connectivity index (χ2n) is 7.68. The summed E-state index contributed by atoms with van der Waals surface area (Å²) in [6.07, 6.45) is 0. The zero-order valence-electron chi connectivity index (χ0n) is 16.2. The van der Waals surface area contributed by atoms with Gasteiger partial charge < -0.3 is 0 Å². The van der Waals surface area contributed by atoms with E-state index in [-0.39, 0.29) is 23.5 Å². The number of rotatable bonds is 5. The molecule has 0 radical (unpaired) electrons. The Kier molecular flexibility index (Phi) is 4.89. The molecule has 2 heterocycles. The lowest BCUT2D eigenvalue weighted by Gasteiger charge is -2.26. The minimum absolute atomic E-state index is 0.0120. The standard InChI is InChI=1S/C21H22N4O4/c1-13(2)24-20(26)17-18(15-8-10-16(11-9-15)25(28)29)22-23(19(17)21(24)27)12-14-6-4-3-5-7-14/h3-11,13,17-19,22H,12H2,1-2H3. The Morgan fingerprint density at radius 1 is 1.03 bits per heavy atom. The first kappa shape index (κ1) is 19.2. The van der Waals surface area contributed by atoms with Gasteiger partial charge in [-0.2, -0.15) is 0 Å². The van der Waals surface area contributed by atoms with Crippen LogP contribution < -0.4 is 5.43 Å². The number of amides is 2. The fourth-order valence-corrected chi connectivity index (χ4v) is 4.21. The number of non-ortho nitro benzene ring substituents is 1. The van der Waals surface area contributed by atoms with Crippen LogP contribution in [-0.2, 0) is 16.1 Å². The number of nitrogens with zero attached hydrogens (tertiary/aromatic N) is 3. The van der Waals surface area contributed by atoms with Crippen molar-refractivity contribution in [1.29, 1.82) is 0 Å². The van der Waals surface area contributed by atoms with Crippen molar-refractivity contribution in [2.45, 2.75) is 38.5 Å². The van der Waals surface area contributed by atoms with Crippen LogP contribution in [0.15, 0.2) is 54.6 Å². The molecule has 2 aliphatic rings. The fraction of sp³-hybridized carbons (Fsp3) is 0.333. The summed E-state index contributed by atoms with van der Waals surface area (Å²) in [5.74, 6) is -0.987.